The van der Waals surface area contributed by atoms with Crippen LogP contribution in [0.15, 0.2) is 59.5 Å². The number of rotatable bonds is 5. The van der Waals surface area contributed by atoms with E-state index in [4.69, 9.17) is 0 Å². The van der Waals surface area contributed by atoms with Crippen LogP contribution in [0.2, 0.25) is 0 Å². The number of likely N-dealkylation sites (tertiary alicyclic amines) is 1. The topological polar surface area (TPSA) is 95.2 Å². The Balaban J connectivity index is 1.50. The Hall–Kier alpha value is -2.97. The van der Waals surface area contributed by atoms with E-state index in [0.29, 0.717) is 6.54 Å². The molecule has 1 aliphatic rings. The zero-order chi connectivity index (χ0) is 20.4. The average Bonchev–Trinajstić information content (AvgIpc) is 3.39. The second-order valence-corrected chi connectivity index (χ2v) is 8.83. The quantitative estimate of drug-likeness (QED) is 0.632. The van der Waals surface area contributed by atoms with Crippen LogP contribution in [-0.4, -0.2) is 42.8 Å². The van der Waals surface area contributed by atoms with Crippen LogP contribution < -0.4 is 4.72 Å². The predicted molar refractivity (Wildman–Crippen MR) is 112 cm³/mol. The van der Waals surface area contributed by atoms with Gasteiger partial charge in [-0.15, -0.1) is 0 Å². The van der Waals surface area contributed by atoms with Crippen LogP contribution in [0.25, 0.3) is 17.1 Å². The summed E-state index contributed by atoms with van der Waals surface area (Å²) in [6.45, 7) is 0.685. The lowest BCUT2D eigenvalue weighted by atomic mass is 10.2. The molecule has 150 valence electrons. The van der Waals surface area contributed by atoms with Gasteiger partial charge in [-0.1, -0.05) is 24.3 Å². The second-order valence-electron chi connectivity index (χ2n) is 6.94. The third kappa shape index (κ3) is 3.94. The van der Waals surface area contributed by atoms with Crippen molar-refractivity contribution in [2.45, 2.75) is 23.8 Å². The molecule has 29 heavy (non-hydrogen) atoms. The van der Waals surface area contributed by atoms with Gasteiger partial charge in [0, 0.05) is 12.6 Å². The predicted octanol–water partition coefficient (Wildman–Crippen LogP) is 2.85. The minimum Gasteiger partial charge on any atom is -0.340 e. The minimum absolute atomic E-state index is 0.0669. The molecule has 0 saturated carbocycles. The first kappa shape index (κ1) is 19.4. The number of para-hydroxylation sites is 2. The Bertz CT molecular complexity index is 1130. The number of carbonyl (C=O) groups is 1. The molecule has 0 radical (unpaired) electrons. The standard InChI is InChI=1S/C21H22N4O3S/c1-22-29(27,28)16-11-8-15(9-12-16)10-13-20(26)25-14-4-7-19(25)21-23-17-5-2-3-6-18(17)24-21/h2-3,5-6,8-13,19,22H,4,7,14H2,1H3,(H,23,24). The number of aromatic amines is 1. The zero-order valence-corrected chi connectivity index (χ0v) is 16.8. The summed E-state index contributed by atoms with van der Waals surface area (Å²) in [6, 6.07) is 14.1. The normalized spacial score (nSPS) is 17.4. The molecule has 4 rings (SSSR count). The molecule has 1 atom stereocenters. The number of fused-ring (bicyclic) bond motifs is 1. The molecule has 0 aliphatic carbocycles. The van der Waals surface area contributed by atoms with Gasteiger partial charge in [-0.2, -0.15) is 0 Å². The molecule has 1 unspecified atom stereocenters. The van der Waals surface area contributed by atoms with E-state index in [2.05, 4.69) is 14.7 Å². The fourth-order valence-electron chi connectivity index (χ4n) is 3.58. The summed E-state index contributed by atoms with van der Waals surface area (Å²) in [6.07, 6.45) is 5.03. The third-order valence-electron chi connectivity index (χ3n) is 5.14. The maximum atomic E-state index is 12.8. The summed E-state index contributed by atoms with van der Waals surface area (Å²) in [5, 5.41) is 0. The molecule has 0 spiro atoms. The van der Waals surface area contributed by atoms with Gasteiger partial charge in [0.25, 0.3) is 0 Å². The molecule has 1 aromatic heterocycles. The highest BCUT2D eigenvalue weighted by Crippen LogP contribution is 2.31. The van der Waals surface area contributed by atoms with E-state index >= 15 is 0 Å². The maximum absolute atomic E-state index is 12.8. The SMILES string of the molecule is CNS(=O)(=O)c1ccc(C=CC(=O)N2CCCC2c2nc3ccccc3[nH]2)cc1. The zero-order valence-electron chi connectivity index (χ0n) is 16.0. The van der Waals surface area contributed by atoms with E-state index in [1.165, 1.54) is 25.3 Å². The summed E-state index contributed by atoms with van der Waals surface area (Å²) in [7, 11) is -2.10. The molecule has 1 fully saturated rings. The van der Waals surface area contributed by atoms with Crippen molar-refractivity contribution in [3.63, 3.8) is 0 Å². The van der Waals surface area contributed by atoms with Crippen LogP contribution in [0.3, 0.4) is 0 Å². The molecule has 1 amide bonds. The van der Waals surface area contributed by atoms with Gasteiger partial charge in [-0.3, -0.25) is 4.79 Å². The van der Waals surface area contributed by atoms with Crippen molar-refractivity contribution in [2.75, 3.05) is 13.6 Å². The number of hydrogen-bond donors (Lipinski definition) is 2. The van der Waals surface area contributed by atoms with Crippen molar-refractivity contribution in [3.8, 4) is 0 Å². The first-order valence-corrected chi connectivity index (χ1v) is 10.9. The van der Waals surface area contributed by atoms with E-state index in [1.807, 2.05) is 29.2 Å². The first-order valence-electron chi connectivity index (χ1n) is 9.45. The Morgan fingerprint density at radius 1 is 1.21 bits per heavy atom. The van der Waals surface area contributed by atoms with Crippen molar-refractivity contribution >= 4 is 33.0 Å². The molecular formula is C21H22N4O3S. The smallest absolute Gasteiger partial charge is 0.247 e. The van der Waals surface area contributed by atoms with E-state index < -0.39 is 10.0 Å². The summed E-state index contributed by atoms with van der Waals surface area (Å²) in [4.78, 5) is 22.8. The lowest BCUT2D eigenvalue weighted by Gasteiger charge is -2.21. The van der Waals surface area contributed by atoms with Crippen molar-refractivity contribution in [1.82, 2.24) is 19.6 Å². The van der Waals surface area contributed by atoms with Crippen molar-refractivity contribution in [2.24, 2.45) is 0 Å². The summed E-state index contributed by atoms with van der Waals surface area (Å²) < 4.78 is 25.9. The van der Waals surface area contributed by atoms with Crippen molar-refractivity contribution in [3.05, 3.63) is 66.0 Å². The molecule has 0 bridgehead atoms. The molecule has 7 nitrogen and oxygen atoms in total. The monoisotopic (exact) mass is 410 g/mol. The lowest BCUT2D eigenvalue weighted by molar-refractivity contribution is -0.126. The van der Waals surface area contributed by atoms with E-state index in [9.17, 15) is 13.2 Å². The fraction of sp³-hybridized carbons (Fsp3) is 0.238. The van der Waals surface area contributed by atoms with Gasteiger partial charge in [0.05, 0.1) is 22.0 Å². The van der Waals surface area contributed by atoms with Gasteiger partial charge in [-0.25, -0.2) is 18.1 Å². The fourth-order valence-corrected chi connectivity index (χ4v) is 4.31. The summed E-state index contributed by atoms with van der Waals surface area (Å²) in [5.74, 6) is 0.729. The Kier molecular flexibility index (Phi) is 5.21. The molecular weight excluding hydrogens is 388 g/mol. The number of H-pyrrole nitrogens is 1. The molecule has 3 aromatic rings. The molecule has 2 aromatic carbocycles. The van der Waals surface area contributed by atoms with Crippen molar-refractivity contribution < 1.29 is 13.2 Å². The average molecular weight is 410 g/mol. The maximum Gasteiger partial charge on any atom is 0.247 e. The summed E-state index contributed by atoms with van der Waals surface area (Å²) >= 11 is 0. The van der Waals surface area contributed by atoms with Gasteiger partial charge < -0.3 is 9.88 Å². The van der Waals surface area contributed by atoms with Crippen LogP contribution in [0.4, 0.5) is 0 Å². The number of amides is 1. The largest absolute Gasteiger partial charge is 0.340 e. The van der Waals surface area contributed by atoms with Crippen LogP contribution >= 0.6 is 0 Å². The highest BCUT2D eigenvalue weighted by atomic mass is 32.2. The van der Waals surface area contributed by atoms with Crippen LogP contribution in [-0.2, 0) is 14.8 Å². The van der Waals surface area contributed by atoms with Crippen LogP contribution in [0.5, 0.6) is 0 Å². The van der Waals surface area contributed by atoms with E-state index in [1.54, 1.807) is 18.2 Å². The molecule has 1 aliphatic heterocycles. The number of hydrogen-bond acceptors (Lipinski definition) is 4. The molecule has 2 N–H and O–H groups in total. The molecule has 2 heterocycles. The number of imidazole rings is 1. The Morgan fingerprint density at radius 2 is 1.97 bits per heavy atom. The number of aromatic nitrogens is 2. The van der Waals surface area contributed by atoms with Gasteiger partial charge >= 0.3 is 0 Å². The highest BCUT2D eigenvalue weighted by molar-refractivity contribution is 7.89. The number of carbonyl (C=O) groups excluding carboxylic acids is 1. The molecule has 8 heteroatoms. The third-order valence-corrected chi connectivity index (χ3v) is 6.57. The first-order chi connectivity index (χ1) is 14.0. The number of sulfonamides is 1. The van der Waals surface area contributed by atoms with E-state index in [0.717, 1.165) is 35.3 Å². The number of nitrogens with zero attached hydrogens (tertiary/aromatic N) is 2. The molecule has 1 saturated heterocycles. The van der Waals surface area contributed by atoms with E-state index in [-0.39, 0.29) is 16.8 Å². The number of nitrogens with one attached hydrogen (secondary N) is 2. The van der Waals surface area contributed by atoms with Gasteiger partial charge in [-0.05, 0) is 55.8 Å². The van der Waals surface area contributed by atoms with Crippen LogP contribution in [0, 0.1) is 0 Å². The van der Waals surface area contributed by atoms with Gasteiger partial charge in [0.2, 0.25) is 15.9 Å². The van der Waals surface area contributed by atoms with Gasteiger partial charge in [0.1, 0.15) is 5.82 Å². The number of benzene rings is 2. The highest BCUT2D eigenvalue weighted by Gasteiger charge is 2.31. The van der Waals surface area contributed by atoms with Gasteiger partial charge in [0.15, 0.2) is 0 Å². The lowest BCUT2D eigenvalue weighted by Crippen LogP contribution is -2.29. The van der Waals surface area contributed by atoms with Crippen LogP contribution in [0.1, 0.15) is 30.3 Å². The Morgan fingerprint density at radius 3 is 2.69 bits per heavy atom. The van der Waals surface area contributed by atoms with Crippen molar-refractivity contribution in [1.29, 1.82) is 0 Å². The second kappa shape index (κ2) is 7.81. The Labute approximate surface area is 169 Å². The summed E-state index contributed by atoms with van der Waals surface area (Å²) in [5.41, 5.74) is 2.62. The minimum atomic E-state index is -3.47.